The van der Waals surface area contributed by atoms with Crippen LogP contribution in [0, 0.1) is 6.92 Å². The first-order valence-corrected chi connectivity index (χ1v) is 9.45. The van der Waals surface area contributed by atoms with Crippen molar-refractivity contribution < 1.29 is 4.74 Å². The van der Waals surface area contributed by atoms with Gasteiger partial charge in [-0.25, -0.2) is 0 Å². The van der Waals surface area contributed by atoms with Gasteiger partial charge in [0, 0.05) is 16.5 Å². The Morgan fingerprint density at radius 2 is 1.69 bits per heavy atom. The maximum absolute atomic E-state index is 6.38. The molecule has 2 heteroatoms. The van der Waals surface area contributed by atoms with Gasteiger partial charge in [0.2, 0.25) is 0 Å². The van der Waals surface area contributed by atoms with Crippen LogP contribution in [-0.4, -0.2) is 7.11 Å². The second kappa shape index (κ2) is 7.97. The molecule has 0 N–H and O–H groups in total. The maximum Gasteiger partial charge on any atom is 0.125 e. The standard InChI is InChI=1S/C24H25ClO/c1-5-18-10-6-7-11-21(18)22-14-13-19(25)15-23(22)17(3)20-12-8-9-16(2)24(20)26-4/h6-15,17H,5H2,1-4H3. The first-order valence-electron chi connectivity index (χ1n) is 9.08. The van der Waals surface area contributed by atoms with E-state index in [0.717, 1.165) is 22.8 Å². The maximum atomic E-state index is 6.38. The lowest BCUT2D eigenvalue weighted by Crippen LogP contribution is -2.03. The molecule has 3 rings (SSSR count). The summed E-state index contributed by atoms with van der Waals surface area (Å²) in [7, 11) is 1.74. The topological polar surface area (TPSA) is 9.23 Å². The highest BCUT2D eigenvalue weighted by molar-refractivity contribution is 6.30. The van der Waals surface area contributed by atoms with Crippen molar-refractivity contribution in [3.05, 3.63) is 87.9 Å². The molecule has 0 amide bonds. The van der Waals surface area contributed by atoms with Gasteiger partial charge in [-0.2, -0.15) is 0 Å². The molecular formula is C24H25ClO. The Morgan fingerprint density at radius 3 is 2.42 bits per heavy atom. The molecule has 26 heavy (non-hydrogen) atoms. The molecule has 1 nitrogen and oxygen atoms in total. The largest absolute Gasteiger partial charge is 0.496 e. The highest BCUT2D eigenvalue weighted by Crippen LogP contribution is 2.40. The lowest BCUT2D eigenvalue weighted by atomic mass is 9.84. The number of aryl methyl sites for hydroxylation is 2. The van der Waals surface area contributed by atoms with Crippen LogP contribution in [0.5, 0.6) is 5.75 Å². The van der Waals surface area contributed by atoms with E-state index in [1.54, 1.807) is 7.11 Å². The fourth-order valence-corrected chi connectivity index (χ4v) is 3.87. The van der Waals surface area contributed by atoms with Crippen molar-refractivity contribution in [3.8, 4) is 16.9 Å². The summed E-state index contributed by atoms with van der Waals surface area (Å²) in [5, 5.41) is 0.760. The first kappa shape index (κ1) is 18.5. The second-order valence-corrected chi connectivity index (χ2v) is 7.10. The number of para-hydroxylation sites is 1. The highest BCUT2D eigenvalue weighted by Gasteiger charge is 2.20. The third-order valence-corrected chi connectivity index (χ3v) is 5.32. The van der Waals surface area contributed by atoms with Crippen LogP contribution < -0.4 is 4.74 Å². The van der Waals surface area contributed by atoms with Crippen molar-refractivity contribution in [1.82, 2.24) is 0 Å². The van der Waals surface area contributed by atoms with Gasteiger partial charge in [-0.1, -0.05) is 74.0 Å². The average Bonchev–Trinajstić information content (AvgIpc) is 2.67. The zero-order chi connectivity index (χ0) is 18.7. The van der Waals surface area contributed by atoms with Crippen LogP contribution in [0.3, 0.4) is 0 Å². The number of benzene rings is 3. The number of halogens is 1. The Bertz CT molecular complexity index is 914. The summed E-state index contributed by atoms with van der Waals surface area (Å²) in [6.45, 7) is 6.50. The molecule has 3 aromatic carbocycles. The van der Waals surface area contributed by atoms with E-state index in [9.17, 15) is 0 Å². The molecule has 0 heterocycles. The molecule has 0 fully saturated rings. The number of rotatable bonds is 5. The molecule has 1 atom stereocenters. The normalized spacial score (nSPS) is 12.0. The lowest BCUT2D eigenvalue weighted by molar-refractivity contribution is 0.405. The summed E-state index contributed by atoms with van der Waals surface area (Å²) in [6, 6.07) is 21.1. The third kappa shape index (κ3) is 3.50. The van der Waals surface area contributed by atoms with E-state index in [0.29, 0.717) is 0 Å². The molecule has 1 unspecified atom stereocenters. The van der Waals surface area contributed by atoms with Gasteiger partial charge in [0.05, 0.1) is 7.11 Å². The predicted molar refractivity (Wildman–Crippen MR) is 112 cm³/mol. The number of hydrogen-bond acceptors (Lipinski definition) is 1. The first-order chi connectivity index (χ1) is 12.6. The molecule has 0 bridgehead atoms. The fraction of sp³-hybridized carbons (Fsp3) is 0.250. The van der Waals surface area contributed by atoms with Crippen molar-refractivity contribution in [2.75, 3.05) is 7.11 Å². The molecule has 0 saturated heterocycles. The number of hydrogen-bond donors (Lipinski definition) is 0. The van der Waals surface area contributed by atoms with Crippen LogP contribution in [0.2, 0.25) is 5.02 Å². The van der Waals surface area contributed by atoms with Crippen LogP contribution in [-0.2, 0) is 6.42 Å². The van der Waals surface area contributed by atoms with Gasteiger partial charge in [0.1, 0.15) is 5.75 Å². The van der Waals surface area contributed by atoms with Gasteiger partial charge < -0.3 is 4.74 Å². The van der Waals surface area contributed by atoms with Crippen molar-refractivity contribution in [2.45, 2.75) is 33.1 Å². The Balaban J connectivity index is 2.20. The second-order valence-electron chi connectivity index (χ2n) is 6.66. The smallest absolute Gasteiger partial charge is 0.125 e. The highest BCUT2D eigenvalue weighted by atomic mass is 35.5. The van der Waals surface area contributed by atoms with E-state index in [-0.39, 0.29) is 5.92 Å². The molecule has 0 aliphatic carbocycles. The predicted octanol–water partition coefficient (Wildman–Crippen LogP) is 7.04. The zero-order valence-corrected chi connectivity index (χ0v) is 16.6. The SMILES string of the molecule is CCc1ccccc1-c1ccc(Cl)cc1C(C)c1cccc(C)c1OC. The average molecular weight is 365 g/mol. The summed E-state index contributed by atoms with van der Waals surface area (Å²) < 4.78 is 5.71. The number of methoxy groups -OCH3 is 1. The minimum atomic E-state index is 0.170. The fourth-order valence-electron chi connectivity index (χ4n) is 3.69. The van der Waals surface area contributed by atoms with Crippen LogP contribution in [0.1, 0.15) is 42.0 Å². The van der Waals surface area contributed by atoms with Crippen molar-refractivity contribution in [1.29, 1.82) is 0 Å². The molecule has 0 spiro atoms. The van der Waals surface area contributed by atoms with E-state index in [4.69, 9.17) is 16.3 Å². The summed E-state index contributed by atoms with van der Waals surface area (Å²) in [4.78, 5) is 0. The molecule has 0 saturated carbocycles. The van der Waals surface area contributed by atoms with Gasteiger partial charge >= 0.3 is 0 Å². The lowest BCUT2D eigenvalue weighted by Gasteiger charge is -2.22. The van der Waals surface area contributed by atoms with E-state index >= 15 is 0 Å². The summed E-state index contributed by atoms with van der Waals surface area (Å²) in [5.74, 6) is 1.12. The van der Waals surface area contributed by atoms with Crippen molar-refractivity contribution in [3.63, 3.8) is 0 Å². The van der Waals surface area contributed by atoms with E-state index < -0.39 is 0 Å². The summed E-state index contributed by atoms with van der Waals surface area (Å²) in [6.07, 6.45) is 1.00. The van der Waals surface area contributed by atoms with Gasteiger partial charge in [-0.15, -0.1) is 0 Å². The summed E-state index contributed by atoms with van der Waals surface area (Å²) >= 11 is 6.38. The van der Waals surface area contributed by atoms with Gasteiger partial charge in [0.25, 0.3) is 0 Å². The van der Waals surface area contributed by atoms with Crippen molar-refractivity contribution in [2.24, 2.45) is 0 Å². The van der Waals surface area contributed by atoms with E-state index in [2.05, 4.69) is 75.4 Å². The van der Waals surface area contributed by atoms with Gasteiger partial charge in [0.15, 0.2) is 0 Å². The third-order valence-electron chi connectivity index (χ3n) is 5.08. The van der Waals surface area contributed by atoms with Gasteiger partial charge in [-0.05, 0) is 53.3 Å². The van der Waals surface area contributed by atoms with Crippen molar-refractivity contribution >= 4 is 11.6 Å². The molecular weight excluding hydrogens is 340 g/mol. The molecule has 0 aliphatic heterocycles. The monoisotopic (exact) mass is 364 g/mol. The van der Waals surface area contributed by atoms with Crippen LogP contribution in [0.4, 0.5) is 0 Å². The Labute approximate surface area is 161 Å². The number of ether oxygens (including phenoxy) is 1. The zero-order valence-electron chi connectivity index (χ0n) is 15.8. The molecule has 0 aromatic heterocycles. The molecule has 0 aliphatic rings. The Hall–Kier alpha value is -2.25. The Morgan fingerprint density at radius 1 is 0.923 bits per heavy atom. The van der Waals surface area contributed by atoms with E-state index in [1.807, 2.05) is 6.07 Å². The van der Waals surface area contributed by atoms with Crippen LogP contribution in [0.15, 0.2) is 60.7 Å². The molecule has 0 radical (unpaired) electrons. The van der Waals surface area contributed by atoms with Crippen LogP contribution >= 0.6 is 11.6 Å². The minimum absolute atomic E-state index is 0.170. The molecule has 3 aromatic rings. The molecule has 134 valence electrons. The van der Waals surface area contributed by atoms with E-state index in [1.165, 1.54) is 27.8 Å². The quantitative estimate of drug-likeness (QED) is 0.471. The Kier molecular flexibility index (Phi) is 5.68. The summed E-state index contributed by atoms with van der Waals surface area (Å²) in [5.41, 5.74) is 7.42. The van der Waals surface area contributed by atoms with Crippen LogP contribution in [0.25, 0.3) is 11.1 Å². The minimum Gasteiger partial charge on any atom is -0.496 e. The van der Waals surface area contributed by atoms with Gasteiger partial charge in [-0.3, -0.25) is 0 Å².